The van der Waals surface area contributed by atoms with Crippen LogP contribution in [0.15, 0.2) is 18.2 Å². The number of methoxy groups -OCH3 is 1. The quantitative estimate of drug-likeness (QED) is 0.789. The van der Waals surface area contributed by atoms with Crippen molar-refractivity contribution in [2.75, 3.05) is 7.11 Å². The van der Waals surface area contributed by atoms with E-state index in [9.17, 15) is 4.79 Å². The maximum atomic E-state index is 10.9. The van der Waals surface area contributed by atoms with Crippen LogP contribution in [0.1, 0.15) is 19.5 Å². The van der Waals surface area contributed by atoms with E-state index in [1.807, 2.05) is 0 Å². The average molecular weight is 224 g/mol. The van der Waals surface area contributed by atoms with Crippen LogP contribution in [0, 0.1) is 0 Å². The lowest BCUT2D eigenvalue weighted by Crippen LogP contribution is -2.47. The van der Waals surface area contributed by atoms with Gasteiger partial charge in [-0.2, -0.15) is 0 Å². The number of carbonyl (C=O) groups is 1. The summed E-state index contributed by atoms with van der Waals surface area (Å²) in [6.45, 7) is 3.49. The number of ether oxygens (including phenoxy) is 1. The Morgan fingerprint density at radius 2 is 2.19 bits per heavy atom. The Kier molecular flexibility index (Phi) is 3.49. The SMILES string of the molecule is COc1cccc(C(C)(C)C(N)C(=O)O)n1. The summed E-state index contributed by atoms with van der Waals surface area (Å²) in [4.78, 5) is 15.1. The Morgan fingerprint density at radius 1 is 1.56 bits per heavy atom. The number of nitrogens with two attached hydrogens (primary N) is 1. The van der Waals surface area contributed by atoms with Crippen LogP contribution in [-0.2, 0) is 10.2 Å². The summed E-state index contributed by atoms with van der Waals surface area (Å²) in [5.41, 5.74) is 5.49. The van der Waals surface area contributed by atoms with Gasteiger partial charge < -0.3 is 15.6 Å². The number of carboxylic acids is 1. The first kappa shape index (κ1) is 12.4. The zero-order valence-electron chi connectivity index (χ0n) is 9.60. The van der Waals surface area contributed by atoms with E-state index >= 15 is 0 Å². The molecule has 0 fully saturated rings. The molecule has 88 valence electrons. The number of nitrogens with zero attached hydrogens (tertiary/aromatic N) is 1. The predicted molar refractivity (Wildman–Crippen MR) is 59.4 cm³/mol. The molecule has 1 atom stereocenters. The van der Waals surface area contributed by atoms with E-state index in [-0.39, 0.29) is 0 Å². The zero-order valence-corrected chi connectivity index (χ0v) is 9.60. The standard InChI is InChI=1S/C11H16N2O3/c1-11(2,9(12)10(14)15)7-5-4-6-8(13-7)16-3/h4-6,9H,12H2,1-3H3,(H,14,15). The van der Waals surface area contributed by atoms with Gasteiger partial charge in [-0.1, -0.05) is 19.9 Å². The molecule has 0 aromatic carbocycles. The average Bonchev–Trinajstić information content (AvgIpc) is 2.27. The molecule has 1 heterocycles. The molecule has 0 saturated heterocycles. The van der Waals surface area contributed by atoms with Gasteiger partial charge in [-0.05, 0) is 6.07 Å². The number of pyridine rings is 1. The van der Waals surface area contributed by atoms with Crippen molar-refractivity contribution < 1.29 is 14.6 Å². The van der Waals surface area contributed by atoms with Gasteiger partial charge in [0.25, 0.3) is 0 Å². The van der Waals surface area contributed by atoms with Crippen LogP contribution in [0.2, 0.25) is 0 Å². The van der Waals surface area contributed by atoms with Crippen molar-refractivity contribution in [1.82, 2.24) is 4.98 Å². The van der Waals surface area contributed by atoms with E-state index in [1.165, 1.54) is 7.11 Å². The molecule has 0 radical (unpaired) electrons. The molecule has 3 N–H and O–H groups in total. The van der Waals surface area contributed by atoms with Gasteiger partial charge in [-0.15, -0.1) is 0 Å². The molecule has 0 aliphatic rings. The molecule has 0 amide bonds. The molecule has 1 unspecified atom stereocenters. The number of aliphatic carboxylic acids is 1. The second kappa shape index (κ2) is 4.49. The summed E-state index contributed by atoms with van der Waals surface area (Å²) < 4.78 is 4.99. The molecule has 16 heavy (non-hydrogen) atoms. The molecule has 0 aliphatic heterocycles. The summed E-state index contributed by atoms with van der Waals surface area (Å²) in [5, 5.41) is 8.92. The molecule has 1 aromatic heterocycles. The van der Waals surface area contributed by atoms with Crippen LogP contribution in [0.25, 0.3) is 0 Å². The van der Waals surface area contributed by atoms with E-state index < -0.39 is 17.4 Å². The van der Waals surface area contributed by atoms with Crippen LogP contribution in [0.4, 0.5) is 0 Å². The van der Waals surface area contributed by atoms with Crippen molar-refractivity contribution in [3.63, 3.8) is 0 Å². The summed E-state index contributed by atoms with van der Waals surface area (Å²) in [6, 6.07) is 4.20. The van der Waals surface area contributed by atoms with Gasteiger partial charge in [0.15, 0.2) is 0 Å². The number of rotatable bonds is 4. The summed E-state index contributed by atoms with van der Waals surface area (Å²) >= 11 is 0. The van der Waals surface area contributed by atoms with Crippen molar-refractivity contribution in [2.45, 2.75) is 25.3 Å². The summed E-state index contributed by atoms with van der Waals surface area (Å²) in [7, 11) is 1.51. The van der Waals surface area contributed by atoms with Gasteiger partial charge >= 0.3 is 5.97 Å². The Labute approximate surface area is 94.2 Å². The minimum absolute atomic E-state index is 0.447. The zero-order chi connectivity index (χ0) is 12.3. The summed E-state index contributed by atoms with van der Waals surface area (Å²) in [5.74, 6) is -0.599. The molecule has 0 spiro atoms. The highest BCUT2D eigenvalue weighted by atomic mass is 16.5. The minimum Gasteiger partial charge on any atom is -0.481 e. The van der Waals surface area contributed by atoms with Crippen molar-refractivity contribution in [3.8, 4) is 5.88 Å². The van der Waals surface area contributed by atoms with E-state index in [0.29, 0.717) is 11.6 Å². The monoisotopic (exact) mass is 224 g/mol. The van der Waals surface area contributed by atoms with Crippen LogP contribution >= 0.6 is 0 Å². The Bertz CT molecular complexity index is 391. The van der Waals surface area contributed by atoms with E-state index in [4.69, 9.17) is 15.6 Å². The topological polar surface area (TPSA) is 85.4 Å². The molecule has 0 aliphatic carbocycles. The number of aromatic nitrogens is 1. The summed E-state index contributed by atoms with van der Waals surface area (Å²) in [6.07, 6.45) is 0. The second-order valence-corrected chi connectivity index (χ2v) is 4.10. The highest BCUT2D eigenvalue weighted by Gasteiger charge is 2.35. The van der Waals surface area contributed by atoms with Crippen molar-refractivity contribution in [3.05, 3.63) is 23.9 Å². The molecular weight excluding hydrogens is 208 g/mol. The third kappa shape index (κ3) is 2.30. The Morgan fingerprint density at radius 3 is 2.69 bits per heavy atom. The third-order valence-electron chi connectivity index (χ3n) is 2.64. The fraction of sp³-hybridized carbons (Fsp3) is 0.455. The molecular formula is C11H16N2O3. The first-order valence-corrected chi connectivity index (χ1v) is 4.89. The normalized spacial score (nSPS) is 13.2. The van der Waals surface area contributed by atoms with E-state index in [1.54, 1.807) is 32.0 Å². The molecule has 5 heteroatoms. The fourth-order valence-corrected chi connectivity index (χ4v) is 1.36. The van der Waals surface area contributed by atoms with Crippen LogP contribution in [0.3, 0.4) is 0 Å². The lowest BCUT2D eigenvalue weighted by molar-refractivity contribution is -0.140. The minimum atomic E-state index is -1.05. The number of hydrogen-bond donors (Lipinski definition) is 2. The molecule has 1 rings (SSSR count). The van der Waals surface area contributed by atoms with Crippen LogP contribution in [-0.4, -0.2) is 29.2 Å². The smallest absolute Gasteiger partial charge is 0.321 e. The lowest BCUT2D eigenvalue weighted by atomic mass is 9.81. The number of carboxylic acid groups (broad SMARTS) is 1. The van der Waals surface area contributed by atoms with Crippen molar-refractivity contribution in [1.29, 1.82) is 0 Å². The van der Waals surface area contributed by atoms with Gasteiger partial charge in [0, 0.05) is 11.5 Å². The molecule has 0 bridgehead atoms. The molecule has 1 aromatic rings. The highest BCUT2D eigenvalue weighted by Crippen LogP contribution is 2.26. The van der Waals surface area contributed by atoms with Gasteiger partial charge in [-0.25, -0.2) is 4.98 Å². The van der Waals surface area contributed by atoms with Gasteiger partial charge in [0.2, 0.25) is 5.88 Å². The van der Waals surface area contributed by atoms with Crippen molar-refractivity contribution >= 4 is 5.97 Å². The first-order valence-electron chi connectivity index (χ1n) is 4.89. The maximum absolute atomic E-state index is 10.9. The van der Waals surface area contributed by atoms with Crippen LogP contribution < -0.4 is 10.5 Å². The fourth-order valence-electron chi connectivity index (χ4n) is 1.36. The van der Waals surface area contributed by atoms with E-state index in [2.05, 4.69) is 4.98 Å². The predicted octanol–water partition coefficient (Wildman–Crippen LogP) is 0.780. The van der Waals surface area contributed by atoms with Gasteiger partial charge in [0.1, 0.15) is 6.04 Å². The van der Waals surface area contributed by atoms with Gasteiger partial charge in [-0.3, -0.25) is 4.79 Å². The molecule has 0 saturated carbocycles. The first-order chi connectivity index (χ1) is 7.39. The number of hydrogen-bond acceptors (Lipinski definition) is 4. The van der Waals surface area contributed by atoms with Crippen molar-refractivity contribution in [2.24, 2.45) is 5.73 Å². The van der Waals surface area contributed by atoms with Gasteiger partial charge in [0.05, 0.1) is 12.8 Å². The Hall–Kier alpha value is -1.62. The largest absolute Gasteiger partial charge is 0.481 e. The highest BCUT2D eigenvalue weighted by molar-refractivity contribution is 5.75. The maximum Gasteiger partial charge on any atom is 0.321 e. The van der Waals surface area contributed by atoms with Crippen LogP contribution in [0.5, 0.6) is 5.88 Å². The second-order valence-electron chi connectivity index (χ2n) is 4.10. The lowest BCUT2D eigenvalue weighted by Gasteiger charge is -2.28. The third-order valence-corrected chi connectivity index (χ3v) is 2.64. The molecule has 5 nitrogen and oxygen atoms in total. The Balaban J connectivity index is 3.10. The van der Waals surface area contributed by atoms with E-state index in [0.717, 1.165) is 0 Å².